The highest BCUT2D eigenvalue weighted by molar-refractivity contribution is 9.10. The number of halogens is 2. The minimum absolute atomic E-state index is 0.657. The zero-order valence-electron chi connectivity index (χ0n) is 12.5. The van der Waals surface area contributed by atoms with E-state index < -0.39 is 0 Å². The van der Waals surface area contributed by atoms with Crippen molar-refractivity contribution in [3.8, 4) is 0 Å². The number of aryl methyl sites for hydroxylation is 1. The molecule has 0 amide bonds. The van der Waals surface area contributed by atoms with Crippen molar-refractivity contribution < 1.29 is 0 Å². The summed E-state index contributed by atoms with van der Waals surface area (Å²) in [7, 11) is 0. The van der Waals surface area contributed by atoms with Crippen molar-refractivity contribution in [1.82, 2.24) is 9.78 Å². The maximum atomic E-state index is 6.33. The van der Waals surface area contributed by atoms with E-state index in [2.05, 4.69) is 34.5 Å². The van der Waals surface area contributed by atoms with Crippen LogP contribution in [0.1, 0.15) is 36.4 Å². The highest BCUT2D eigenvalue weighted by Gasteiger charge is 2.15. The van der Waals surface area contributed by atoms with Gasteiger partial charge in [-0.3, -0.25) is 4.68 Å². The zero-order valence-corrected chi connectivity index (χ0v) is 14.8. The number of benzene rings is 1. The van der Waals surface area contributed by atoms with Gasteiger partial charge in [0, 0.05) is 15.2 Å². The Kier molecular flexibility index (Phi) is 5.85. The molecule has 0 spiro atoms. The van der Waals surface area contributed by atoms with Gasteiger partial charge in [0.25, 0.3) is 0 Å². The van der Waals surface area contributed by atoms with Crippen LogP contribution in [0.3, 0.4) is 0 Å². The molecule has 21 heavy (non-hydrogen) atoms. The van der Waals surface area contributed by atoms with Crippen molar-refractivity contribution in [3.05, 3.63) is 50.2 Å². The monoisotopic (exact) mass is 369 g/mol. The summed E-state index contributed by atoms with van der Waals surface area (Å²) in [4.78, 5) is 0. The normalized spacial score (nSPS) is 11.1. The minimum Gasteiger partial charge on any atom is -0.330 e. The number of nitrogens with zero attached hydrogens (tertiary/aromatic N) is 2. The minimum atomic E-state index is 0.657. The number of hydrogen-bond donors (Lipinski definition) is 1. The first-order valence-electron chi connectivity index (χ1n) is 7.32. The Labute approximate surface area is 139 Å². The number of hydrogen-bond acceptors (Lipinski definition) is 2. The molecule has 0 aliphatic rings. The standard InChI is InChI=1S/C16H21BrClN3/c1-3-15-13(7-8-19)16(4-2)21(20-15)10-11-5-6-12(17)9-14(11)18/h5-6,9H,3-4,7-8,10,19H2,1-2H3. The van der Waals surface area contributed by atoms with Crippen LogP contribution in [0.4, 0.5) is 0 Å². The first-order valence-corrected chi connectivity index (χ1v) is 8.49. The van der Waals surface area contributed by atoms with Gasteiger partial charge in [0.1, 0.15) is 0 Å². The van der Waals surface area contributed by atoms with Gasteiger partial charge < -0.3 is 5.73 Å². The first-order chi connectivity index (χ1) is 10.1. The van der Waals surface area contributed by atoms with E-state index in [0.29, 0.717) is 13.1 Å². The fourth-order valence-corrected chi connectivity index (χ4v) is 3.38. The van der Waals surface area contributed by atoms with Crippen molar-refractivity contribution in [2.45, 2.75) is 39.7 Å². The highest BCUT2D eigenvalue weighted by atomic mass is 79.9. The molecule has 1 aromatic carbocycles. The Morgan fingerprint density at radius 3 is 2.62 bits per heavy atom. The molecule has 1 aromatic heterocycles. The van der Waals surface area contributed by atoms with E-state index in [-0.39, 0.29) is 0 Å². The molecule has 0 fully saturated rings. The van der Waals surface area contributed by atoms with Gasteiger partial charge in [0.15, 0.2) is 0 Å². The molecule has 2 aromatic rings. The second kappa shape index (κ2) is 7.43. The van der Waals surface area contributed by atoms with Gasteiger partial charge in [-0.15, -0.1) is 0 Å². The molecular formula is C16H21BrClN3. The van der Waals surface area contributed by atoms with Crippen molar-refractivity contribution in [2.24, 2.45) is 5.73 Å². The van der Waals surface area contributed by atoms with Crippen LogP contribution < -0.4 is 5.73 Å². The average molecular weight is 371 g/mol. The van der Waals surface area contributed by atoms with Crippen LogP contribution in [-0.4, -0.2) is 16.3 Å². The van der Waals surface area contributed by atoms with Crippen molar-refractivity contribution in [3.63, 3.8) is 0 Å². The smallest absolute Gasteiger partial charge is 0.0677 e. The summed E-state index contributed by atoms with van der Waals surface area (Å²) in [5.41, 5.74) is 10.6. The van der Waals surface area contributed by atoms with E-state index in [1.54, 1.807) is 0 Å². The van der Waals surface area contributed by atoms with Crippen LogP contribution in [0, 0.1) is 0 Å². The van der Waals surface area contributed by atoms with Gasteiger partial charge in [-0.2, -0.15) is 5.10 Å². The molecule has 114 valence electrons. The van der Waals surface area contributed by atoms with E-state index in [1.807, 2.05) is 18.2 Å². The molecule has 0 atom stereocenters. The number of aromatic nitrogens is 2. The van der Waals surface area contributed by atoms with Crippen LogP contribution in [0.15, 0.2) is 22.7 Å². The fourth-order valence-electron chi connectivity index (χ4n) is 2.64. The van der Waals surface area contributed by atoms with E-state index in [1.165, 1.54) is 11.3 Å². The molecule has 3 nitrogen and oxygen atoms in total. The molecule has 0 saturated heterocycles. The van der Waals surface area contributed by atoms with Crippen LogP contribution in [0.25, 0.3) is 0 Å². The van der Waals surface area contributed by atoms with Crippen LogP contribution in [-0.2, 0) is 25.8 Å². The summed E-state index contributed by atoms with van der Waals surface area (Å²) in [6, 6.07) is 5.98. The summed E-state index contributed by atoms with van der Waals surface area (Å²) in [5.74, 6) is 0. The lowest BCUT2D eigenvalue weighted by Crippen LogP contribution is -2.09. The van der Waals surface area contributed by atoms with Crippen LogP contribution in [0.5, 0.6) is 0 Å². The molecule has 5 heteroatoms. The molecule has 0 aliphatic heterocycles. The molecule has 0 saturated carbocycles. The Morgan fingerprint density at radius 1 is 1.29 bits per heavy atom. The molecular weight excluding hydrogens is 350 g/mol. The molecule has 2 N–H and O–H groups in total. The van der Waals surface area contributed by atoms with Gasteiger partial charge in [-0.1, -0.05) is 47.4 Å². The van der Waals surface area contributed by atoms with E-state index in [0.717, 1.165) is 40.0 Å². The number of nitrogens with two attached hydrogens (primary N) is 1. The fraction of sp³-hybridized carbons (Fsp3) is 0.438. The second-order valence-electron chi connectivity index (χ2n) is 5.01. The lowest BCUT2D eigenvalue weighted by molar-refractivity contribution is 0.639. The van der Waals surface area contributed by atoms with Crippen molar-refractivity contribution in [2.75, 3.05) is 6.54 Å². The Bertz CT molecular complexity index is 622. The Balaban J connectivity index is 2.39. The maximum Gasteiger partial charge on any atom is 0.0677 e. The average Bonchev–Trinajstić information content (AvgIpc) is 2.79. The van der Waals surface area contributed by atoms with Gasteiger partial charge in [0.2, 0.25) is 0 Å². The van der Waals surface area contributed by atoms with Crippen LogP contribution >= 0.6 is 27.5 Å². The van der Waals surface area contributed by atoms with E-state index in [4.69, 9.17) is 22.4 Å². The third-order valence-electron chi connectivity index (χ3n) is 3.65. The van der Waals surface area contributed by atoms with Crippen molar-refractivity contribution in [1.29, 1.82) is 0 Å². The SMILES string of the molecule is CCc1nn(Cc2ccc(Br)cc2Cl)c(CC)c1CCN. The van der Waals surface area contributed by atoms with E-state index in [9.17, 15) is 0 Å². The predicted molar refractivity (Wildman–Crippen MR) is 92.0 cm³/mol. The topological polar surface area (TPSA) is 43.8 Å². The van der Waals surface area contributed by atoms with Crippen molar-refractivity contribution >= 4 is 27.5 Å². The predicted octanol–water partition coefficient (Wildman–Crippen LogP) is 3.97. The molecule has 0 radical (unpaired) electrons. The zero-order chi connectivity index (χ0) is 15.4. The quantitative estimate of drug-likeness (QED) is 0.836. The lowest BCUT2D eigenvalue weighted by Gasteiger charge is -2.09. The summed E-state index contributed by atoms with van der Waals surface area (Å²) in [6.45, 7) is 5.66. The molecule has 2 rings (SSSR count). The van der Waals surface area contributed by atoms with E-state index >= 15 is 0 Å². The van der Waals surface area contributed by atoms with Gasteiger partial charge >= 0.3 is 0 Å². The summed E-state index contributed by atoms with van der Waals surface area (Å²) in [5, 5.41) is 5.53. The molecule has 0 aliphatic carbocycles. The summed E-state index contributed by atoms with van der Waals surface area (Å²) in [6.07, 6.45) is 2.78. The Morgan fingerprint density at radius 2 is 2.05 bits per heavy atom. The largest absolute Gasteiger partial charge is 0.330 e. The summed E-state index contributed by atoms with van der Waals surface area (Å²) >= 11 is 9.76. The highest BCUT2D eigenvalue weighted by Crippen LogP contribution is 2.24. The molecule has 0 unspecified atom stereocenters. The first kappa shape index (κ1) is 16.5. The Hall–Kier alpha value is -0.840. The number of rotatable bonds is 6. The van der Waals surface area contributed by atoms with Gasteiger partial charge in [0.05, 0.1) is 12.2 Å². The maximum absolute atomic E-state index is 6.33. The van der Waals surface area contributed by atoms with Crippen LogP contribution in [0.2, 0.25) is 5.02 Å². The lowest BCUT2D eigenvalue weighted by atomic mass is 10.1. The second-order valence-corrected chi connectivity index (χ2v) is 6.33. The summed E-state index contributed by atoms with van der Waals surface area (Å²) < 4.78 is 3.07. The third-order valence-corrected chi connectivity index (χ3v) is 4.49. The van der Waals surface area contributed by atoms with Gasteiger partial charge in [-0.05, 0) is 49.1 Å². The molecule has 0 bridgehead atoms. The van der Waals surface area contributed by atoms with Gasteiger partial charge in [-0.25, -0.2) is 0 Å². The third kappa shape index (κ3) is 3.68. The molecule has 1 heterocycles.